The van der Waals surface area contributed by atoms with E-state index in [0.717, 1.165) is 32.1 Å². The van der Waals surface area contributed by atoms with Crippen LogP contribution in [0.4, 0.5) is 13.2 Å². The zero-order valence-electron chi connectivity index (χ0n) is 18.7. The van der Waals surface area contributed by atoms with Gasteiger partial charge in [-0.05, 0) is 56.4 Å². The smallest absolute Gasteiger partial charge is 0.462 e. The van der Waals surface area contributed by atoms with E-state index >= 15 is 0 Å². The summed E-state index contributed by atoms with van der Waals surface area (Å²) in [6, 6.07) is 4.17. The second-order valence-corrected chi connectivity index (χ2v) is 10.3. The van der Waals surface area contributed by atoms with Crippen LogP contribution in [0.15, 0.2) is 29.2 Å². The molecular weight excluding hydrogens is 475 g/mol. The monoisotopic (exact) mass is 499 g/mol. The summed E-state index contributed by atoms with van der Waals surface area (Å²) >= 11 is 0. The van der Waals surface area contributed by atoms with Crippen LogP contribution in [-0.4, -0.2) is 31.1 Å². The fourth-order valence-electron chi connectivity index (χ4n) is 4.93. The number of carbonyl (C=O) groups is 1. The van der Waals surface area contributed by atoms with Gasteiger partial charge in [0.1, 0.15) is 11.3 Å². The fourth-order valence-corrected chi connectivity index (χ4v) is 5.44. The van der Waals surface area contributed by atoms with E-state index in [-0.39, 0.29) is 17.7 Å². The van der Waals surface area contributed by atoms with Crippen molar-refractivity contribution >= 4 is 16.1 Å². The molecule has 2 heterocycles. The Labute approximate surface area is 194 Å². The van der Waals surface area contributed by atoms with Crippen molar-refractivity contribution in [1.82, 2.24) is 4.57 Å². The first-order valence-electron chi connectivity index (χ1n) is 11.0. The summed E-state index contributed by atoms with van der Waals surface area (Å²) in [6.45, 7) is 3.20. The molecule has 7 nitrogen and oxygen atoms in total. The molecule has 11 heteroatoms. The second kappa shape index (κ2) is 8.44. The van der Waals surface area contributed by atoms with Gasteiger partial charge in [-0.15, -0.1) is 0 Å². The number of aromatic nitrogens is 1. The largest absolute Gasteiger partial charge is 0.534 e. The number of hydrogen-bond acceptors (Lipinski definition) is 6. The first-order valence-corrected chi connectivity index (χ1v) is 12.4. The lowest BCUT2D eigenvalue weighted by molar-refractivity contribution is -0.0500. The van der Waals surface area contributed by atoms with Crippen molar-refractivity contribution in [3.05, 3.63) is 51.3 Å². The highest BCUT2D eigenvalue weighted by Gasteiger charge is 2.49. The first kappa shape index (κ1) is 24.3. The van der Waals surface area contributed by atoms with Gasteiger partial charge in [0, 0.05) is 23.4 Å². The number of ether oxygens (including phenoxy) is 1. The lowest BCUT2D eigenvalue weighted by Gasteiger charge is -2.45. The standard InChI is InChI=1S/C23H24F3NO6S/c1-3-32-21(29)17-13-27-18(11-19(17)28)16-9-14(2)20(33-34(30,31)23(24,25)26)10-15(16)12-22(27)7-5-4-6-8-22/h9-11,13H,3-8,12H2,1-2H3. The fraction of sp³-hybridized carbons (Fsp3) is 0.478. The van der Waals surface area contributed by atoms with Crippen LogP contribution < -0.4 is 9.61 Å². The molecule has 4 rings (SSSR count). The molecule has 1 aromatic heterocycles. The van der Waals surface area contributed by atoms with Crippen molar-refractivity contribution in [2.45, 2.75) is 63.4 Å². The molecule has 1 fully saturated rings. The summed E-state index contributed by atoms with van der Waals surface area (Å²) in [5.41, 5.74) is -4.81. The highest BCUT2D eigenvalue weighted by atomic mass is 32.2. The van der Waals surface area contributed by atoms with Crippen LogP contribution in [0.3, 0.4) is 0 Å². The van der Waals surface area contributed by atoms with Crippen LogP contribution >= 0.6 is 0 Å². The zero-order valence-corrected chi connectivity index (χ0v) is 19.5. The highest BCUT2D eigenvalue weighted by molar-refractivity contribution is 7.88. The Morgan fingerprint density at radius 1 is 1.15 bits per heavy atom. The summed E-state index contributed by atoms with van der Waals surface area (Å²) < 4.78 is 73.3. The van der Waals surface area contributed by atoms with Crippen LogP contribution in [0.25, 0.3) is 11.3 Å². The van der Waals surface area contributed by atoms with Gasteiger partial charge in [0.05, 0.1) is 12.3 Å². The molecule has 1 aromatic carbocycles. The average molecular weight is 500 g/mol. The van der Waals surface area contributed by atoms with Crippen molar-refractivity contribution in [2.24, 2.45) is 0 Å². The normalized spacial score (nSPS) is 17.1. The van der Waals surface area contributed by atoms with E-state index in [1.54, 1.807) is 6.92 Å². The lowest BCUT2D eigenvalue weighted by Crippen LogP contribution is -2.42. The van der Waals surface area contributed by atoms with Gasteiger partial charge in [0.25, 0.3) is 0 Å². The van der Waals surface area contributed by atoms with Crippen molar-refractivity contribution in [1.29, 1.82) is 0 Å². The Hall–Kier alpha value is -2.82. The van der Waals surface area contributed by atoms with Crippen LogP contribution in [0.5, 0.6) is 5.75 Å². The first-order chi connectivity index (χ1) is 15.9. The maximum atomic E-state index is 12.9. The van der Waals surface area contributed by atoms with Gasteiger partial charge >= 0.3 is 21.6 Å². The molecule has 184 valence electrons. The molecule has 0 amide bonds. The number of fused-ring (bicyclic) bond motifs is 4. The van der Waals surface area contributed by atoms with Gasteiger partial charge in [-0.3, -0.25) is 4.79 Å². The number of benzene rings is 1. The van der Waals surface area contributed by atoms with E-state index in [1.165, 1.54) is 31.3 Å². The molecule has 1 spiro atoms. The van der Waals surface area contributed by atoms with Gasteiger partial charge in [0.15, 0.2) is 5.43 Å². The minimum Gasteiger partial charge on any atom is -0.462 e. The van der Waals surface area contributed by atoms with E-state index in [2.05, 4.69) is 4.18 Å². The van der Waals surface area contributed by atoms with Crippen molar-refractivity contribution < 1.29 is 35.3 Å². The van der Waals surface area contributed by atoms with Gasteiger partial charge in [-0.2, -0.15) is 21.6 Å². The van der Waals surface area contributed by atoms with Crippen LogP contribution in [0.2, 0.25) is 0 Å². The minimum absolute atomic E-state index is 0.0769. The number of pyridine rings is 1. The van der Waals surface area contributed by atoms with E-state index in [4.69, 9.17) is 4.74 Å². The summed E-state index contributed by atoms with van der Waals surface area (Å²) in [7, 11) is -5.83. The van der Waals surface area contributed by atoms with Gasteiger partial charge < -0.3 is 13.5 Å². The Bertz CT molecular complexity index is 1310. The van der Waals surface area contributed by atoms with Crippen molar-refractivity contribution in [2.75, 3.05) is 6.61 Å². The molecule has 0 N–H and O–H groups in total. The topological polar surface area (TPSA) is 91.7 Å². The molecule has 1 saturated carbocycles. The Balaban J connectivity index is 1.89. The SMILES string of the molecule is CCOC(=O)c1cn2c(cc1=O)-c1cc(C)c(OS(=O)(=O)C(F)(F)F)cc1CC21CCCCC1. The lowest BCUT2D eigenvalue weighted by atomic mass is 9.73. The van der Waals surface area contributed by atoms with Crippen LogP contribution in [-0.2, 0) is 26.8 Å². The Kier molecular flexibility index (Phi) is 6.03. The summed E-state index contributed by atoms with van der Waals surface area (Å²) in [5, 5.41) is 0. The number of nitrogens with zero attached hydrogens (tertiary/aromatic N) is 1. The van der Waals surface area contributed by atoms with Gasteiger partial charge in [-0.25, -0.2) is 4.79 Å². The quantitative estimate of drug-likeness (QED) is 0.351. The number of alkyl halides is 3. The second-order valence-electron chi connectivity index (χ2n) is 8.75. The summed E-state index contributed by atoms with van der Waals surface area (Å²) in [4.78, 5) is 25.2. The molecule has 0 saturated heterocycles. The number of aryl methyl sites for hydroxylation is 1. The van der Waals surface area contributed by atoms with Gasteiger partial charge in [0.2, 0.25) is 0 Å². The summed E-state index contributed by atoms with van der Waals surface area (Å²) in [6.07, 6.45) is 6.19. The average Bonchev–Trinajstić information content (AvgIpc) is 2.75. The van der Waals surface area contributed by atoms with Crippen LogP contribution in [0.1, 0.15) is 60.5 Å². The predicted octanol–water partition coefficient (Wildman–Crippen LogP) is 4.44. The summed E-state index contributed by atoms with van der Waals surface area (Å²) in [5.74, 6) is -1.11. The van der Waals surface area contributed by atoms with E-state index in [9.17, 15) is 31.2 Å². The number of hydrogen-bond donors (Lipinski definition) is 0. The zero-order chi connectivity index (χ0) is 24.9. The molecule has 0 radical (unpaired) electrons. The van der Waals surface area contributed by atoms with Crippen molar-refractivity contribution in [3.8, 4) is 17.0 Å². The van der Waals surface area contributed by atoms with E-state index < -0.39 is 38.3 Å². The molecular formula is C23H24F3NO6S. The maximum Gasteiger partial charge on any atom is 0.534 e. The number of carbonyl (C=O) groups excluding carboxylic acids is 1. The molecule has 34 heavy (non-hydrogen) atoms. The van der Waals surface area contributed by atoms with E-state index in [0.29, 0.717) is 23.2 Å². The Morgan fingerprint density at radius 3 is 2.44 bits per heavy atom. The molecule has 2 aromatic rings. The third-order valence-electron chi connectivity index (χ3n) is 6.52. The van der Waals surface area contributed by atoms with Crippen LogP contribution in [0, 0.1) is 6.92 Å². The third-order valence-corrected chi connectivity index (χ3v) is 7.49. The maximum absolute atomic E-state index is 12.9. The minimum atomic E-state index is -5.83. The molecule has 0 atom stereocenters. The Morgan fingerprint density at radius 2 is 1.82 bits per heavy atom. The van der Waals surface area contributed by atoms with Crippen molar-refractivity contribution in [3.63, 3.8) is 0 Å². The molecule has 1 aliphatic heterocycles. The molecule has 0 bridgehead atoms. The molecule has 1 aliphatic carbocycles. The third kappa shape index (κ3) is 4.10. The predicted molar refractivity (Wildman–Crippen MR) is 117 cm³/mol. The highest BCUT2D eigenvalue weighted by Crippen LogP contribution is 2.47. The molecule has 2 aliphatic rings. The van der Waals surface area contributed by atoms with Gasteiger partial charge in [-0.1, -0.05) is 19.3 Å². The van der Waals surface area contributed by atoms with E-state index in [1.807, 2.05) is 4.57 Å². The number of rotatable bonds is 4. The number of halogens is 3. The number of esters is 1. The molecule has 0 unspecified atom stereocenters.